The number of benzene rings is 1. The predicted octanol–water partition coefficient (Wildman–Crippen LogP) is 1.35. The van der Waals surface area contributed by atoms with Crippen LogP contribution in [0.2, 0.25) is 0 Å². The normalized spacial score (nSPS) is 10.6. The summed E-state index contributed by atoms with van der Waals surface area (Å²) in [6, 6.07) is 4.96. The molecular weight excluding hydrogens is 278 g/mol. The maximum Gasteiger partial charge on any atom is 0.354 e. The quantitative estimate of drug-likeness (QED) is 0.626. The zero-order chi connectivity index (χ0) is 15.8. The first kappa shape index (κ1) is 16.4. The second-order valence-corrected chi connectivity index (χ2v) is 3.76. The van der Waals surface area contributed by atoms with Gasteiger partial charge in [0.1, 0.15) is 17.2 Å². The second-order valence-electron chi connectivity index (χ2n) is 3.76. The fraction of sp³-hybridized carbons (Fsp3) is 0.286. The molecule has 0 radical (unpaired) electrons. The van der Waals surface area contributed by atoms with Gasteiger partial charge < -0.3 is 24.3 Å². The summed E-state index contributed by atoms with van der Waals surface area (Å²) in [5.41, 5.74) is 0.395. The van der Waals surface area contributed by atoms with E-state index in [1.54, 1.807) is 18.2 Å². The van der Waals surface area contributed by atoms with Gasteiger partial charge in [-0.1, -0.05) is 0 Å². The van der Waals surface area contributed by atoms with Crippen molar-refractivity contribution in [1.29, 1.82) is 0 Å². The zero-order valence-electron chi connectivity index (χ0n) is 12.3. The van der Waals surface area contributed by atoms with Crippen LogP contribution in [0.15, 0.2) is 30.0 Å². The molecule has 0 aliphatic heterocycles. The third-order valence-electron chi connectivity index (χ3n) is 2.55. The summed E-state index contributed by atoms with van der Waals surface area (Å²) in [5, 5.41) is 2.77. The summed E-state index contributed by atoms with van der Waals surface area (Å²) >= 11 is 0. The number of ether oxygens (including phenoxy) is 4. The van der Waals surface area contributed by atoms with E-state index in [9.17, 15) is 9.59 Å². The summed E-state index contributed by atoms with van der Waals surface area (Å²) < 4.78 is 19.4. The maximum atomic E-state index is 11.7. The third-order valence-corrected chi connectivity index (χ3v) is 2.55. The van der Waals surface area contributed by atoms with Gasteiger partial charge in [-0.15, -0.1) is 0 Å². The fourth-order valence-corrected chi connectivity index (χ4v) is 1.48. The molecule has 7 nitrogen and oxygen atoms in total. The van der Waals surface area contributed by atoms with Crippen molar-refractivity contribution >= 4 is 17.6 Å². The van der Waals surface area contributed by atoms with Crippen LogP contribution in [-0.2, 0) is 19.1 Å². The van der Waals surface area contributed by atoms with Gasteiger partial charge in [0.25, 0.3) is 0 Å². The molecule has 1 aromatic carbocycles. The van der Waals surface area contributed by atoms with E-state index in [1.807, 2.05) is 0 Å². The fourth-order valence-electron chi connectivity index (χ4n) is 1.48. The van der Waals surface area contributed by atoms with E-state index in [2.05, 4.69) is 14.8 Å². The lowest BCUT2D eigenvalue weighted by atomic mass is 10.2. The molecule has 0 atom stereocenters. The second kappa shape index (κ2) is 7.78. The molecule has 0 saturated heterocycles. The van der Waals surface area contributed by atoms with Crippen molar-refractivity contribution in [2.45, 2.75) is 0 Å². The minimum Gasteiger partial charge on any atom is -0.497 e. The summed E-state index contributed by atoms with van der Waals surface area (Å²) in [6.07, 6.45) is 0.996. The van der Waals surface area contributed by atoms with Gasteiger partial charge in [-0.2, -0.15) is 0 Å². The van der Waals surface area contributed by atoms with Gasteiger partial charge in [0.05, 0.1) is 40.2 Å². The molecule has 0 aromatic heterocycles. The van der Waals surface area contributed by atoms with Gasteiger partial charge in [0, 0.05) is 6.07 Å². The van der Waals surface area contributed by atoms with E-state index in [4.69, 9.17) is 9.47 Å². The van der Waals surface area contributed by atoms with Crippen LogP contribution in [0.1, 0.15) is 0 Å². The summed E-state index contributed by atoms with van der Waals surface area (Å²) in [7, 11) is 5.42. The Morgan fingerprint density at radius 3 is 2.29 bits per heavy atom. The lowest BCUT2D eigenvalue weighted by molar-refractivity contribution is -0.138. The molecule has 1 aromatic rings. The Kier molecular flexibility index (Phi) is 6.06. The van der Waals surface area contributed by atoms with E-state index in [-0.39, 0.29) is 5.70 Å². The summed E-state index contributed by atoms with van der Waals surface area (Å²) in [6.45, 7) is 0. The number of esters is 2. The first-order valence-electron chi connectivity index (χ1n) is 5.92. The largest absolute Gasteiger partial charge is 0.497 e. The molecule has 0 saturated carbocycles. The highest BCUT2D eigenvalue weighted by molar-refractivity contribution is 5.99. The van der Waals surface area contributed by atoms with Crippen LogP contribution in [-0.4, -0.2) is 40.4 Å². The van der Waals surface area contributed by atoms with Crippen LogP contribution in [0.25, 0.3) is 0 Å². The molecule has 0 bridgehead atoms. The van der Waals surface area contributed by atoms with Crippen molar-refractivity contribution in [2.24, 2.45) is 0 Å². The minimum atomic E-state index is -0.710. The zero-order valence-corrected chi connectivity index (χ0v) is 12.3. The number of hydrogen-bond donors (Lipinski definition) is 1. The van der Waals surface area contributed by atoms with Crippen LogP contribution in [0.3, 0.4) is 0 Å². The monoisotopic (exact) mass is 295 g/mol. The maximum absolute atomic E-state index is 11.7. The lowest BCUT2D eigenvalue weighted by Crippen LogP contribution is -2.15. The number of carbonyl (C=O) groups is 2. The molecule has 0 spiro atoms. The molecular formula is C14H17NO6. The smallest absolute Gasteiger partial charge is 0.354 e. The van der Waals surface area contributed by atoms with Crippen LogP contribution < -0.4 is 14.8 Å². The lowest BCUT2D eigenvalue weighted by Gasteiger charge is -2.13. The standard InChI is InChI=1S/C14H17NO6/c1-18-9-5-6-10(12(7-9)19-2)15-11(14(17)21-4)8-13(16)20-3/h5-8,15H,1-4H3/b11-8+. The van der Waals surface area contributed by atoms with E-state index < -0.39 is 11.9 Å². The Morgan fingerprint density at radius 1 is 1.05 bits per heavy atom. The molecule has 114 valence electrons. The van der Waals surface area contributed by atoms with Crippen molar-refractivity contribution < 1.29 is 28.5 Å². The number of nitrogens with one attached hydrogen (secondary N) is 1. The molecule has 7 heteroatoms. The number of carbonyl (C=O) groups excluding carboxylic acids is 2. The molecule has 0 aliphatic rings. The van der Waals surface area contributed by atoms with E-state index in [1.165, 1.54) is 28.4 Å². The average Bonchev–Trinajstić information content (AvgIpc) is 2.53. The Balaban J connectivity index is 3.11. The third kappa shape index (κ3) is 4.41. The van der Waals surface area contributed by atoms with Crippen molar-refractivity contribution in [3.63, 3.8) is 0 Å². The molecule has 0 unspecified atom stereocenters. The first-order chi connectivity index (χ1) is 10.0. The highest BCUT2D eigenvalue weighted by Crippen LogP contribution is 2.30. The van der Waals surface area contributed by atoms with E-state index in [0.29, 0.717) is 17.2 Å². The van der Waals surface area contributed by atoms with Crippen molar-refractivity contribution in [3.05, 3.63) is 30.0 Å². The SMILES string of the molecule is COC(=O)/C=C(/Nc1ccc(OC)cc1OC)C(=O)OC. The molecule has 0 heterocycles. The Morgan fingerprint density at radius 2 is 1.76 bits per heavy atom. The van der Waals surface area contributed by atoms with Crippen molar-refractivity contribution in [1.82, 2.24) is 0 Å². The van der Waals surface area contributed by atoms with Gasteiger partial charge in [-0.3, -0.25) is 0 Å². The molecule has 0 fully saturated rings. The molecule has 0 aliphatic carbocycles. The van der Waals surface area contributed by atoms with E-state index >= 15 is 0 Å². The number of hydrogen-bond acceptors (Lipinski definition) is 7. The van der Waals surface area contributed by atoms with Gasteiger partial charge in [-0.05, 0) is 12.1 Å². The van der Waals surface area contributed by atoms with Crippen LogP contribution in [0.5, 0.6) is 11.5 Å². The topological polar surface area (TPSA) is 83.1 Å². The molecule has 1 N–H and O–H groups in total. The minimum absolute atomic E-state index is 0.0761. The molecule has 21 heavy (non-hydrogen) atoms. The number of rotatable bonds is 6. The number of methoxy groups -OCH3 is 4. The Labute approximate surface area is 122 Å². The van der Waals surface area contributed by atoms with Crippen LogP contribution in [0, 0.1) is 0 Å². The highest BCUT2D eigenvalue weighted by Gasteiger charge is 2.15. The Hall–Kier alpha value is -2.70. The molecule has 1 rings (SSSR count). The predicted molar refractivity (Wildman–Crippen MR) is 75.3 cm³/mol. The average molecular weight is 295 g/mol. The van der Waals surface area contributed by atoms with Crippen molar-refractivity contribution in [3.8, 4) is 11.5 Å². The van der Waals surface area contributed by atoms with E-state index in [0.717, 1.165) is 6.08 Å². The molecule has 0 amide bonds. The summed E-state index contributed by atoms with van der Waals surface area (Å²) in [4.78, 5) is 23.0. The van der Waals surface area contributed by atoms with Gasteiger partial charge in [0.15, 0.2) is 0 Å². The van der Waals surface area contributed by atoms with Gasteiger partial charge >= 0.3 is 11.9 Å². The van der Waals surface area contributed by atoms with Gasteiger partial charge in [-0.25, -0.2) is 9.59 Å². The van der Waals surface area contributed by atoms with Crippen LogP contribution >= 0.6 is 0 Å². The Bertz CT molecular complexity index is 552. The first-order valence-corrected chi connectivity index (χ1v) is 5.92. The summed E-state index contributed by atoms with van der Waals surface area (Å²) in [5.74, 6) is -0.364. The number of anilines is 1. The van der Waals surface area contributed by atoms with Crippen molar-refractivity contribution in [2.75, 3.05) is 33.8 Å². The highest BCUT2D eigenvalue weighted by atomic mass is 16.5. The van der Waals surface area contributed by atoms with Crippen LogP contribution in [0.4, 0.5) is 5.69 Å². The van der Waals surface area contributed by atoms with Gasteiger partial charge in [0.2, 0.25) is 0 Å².